The highest BCUT2D eigenvalue weighted by molar-refractivity contribution is 5.79. The Morgan fingerprint density at radius 1 is 0.838 bits per heavy atom. The minimum Gasteiger partial charge on any atom is -0.341 e. The summed E-state index contributed by atoms with van der Waals surface area (Å²) in [6, 6.07) is 25.0. The zero-order chi connectivity index (χ0) is 25.9. The molecule has 0 radical (unpaired) electrons. The first-order valence-corrected chi connectivity index (χ1v) is 12.5. The second kappa shape index (κ2) is 10.3. The Labute approximate surface area is 215 Å². The van der Waals surface area contributed by atoms with Gasteiger partial charge >= 0.3 is 5.69 Å². The number of aromatic nitrogens is 2. The number of likely N-dealkylation sites (tertiary alicyclic amines) is 1. The summed E-state index contributed by atoms with van der Waals surface area (Å²) < 4.78 is 1.56. The van der Waals surface area contributed by atoms with E-state index in [2.05, 4.69) is 16.4 Å². The molecule has 37 heavy (non-hydrogen) atoms. The molecule has 1 atom stereocenters. The van der Waals surface area contributed by atoms with Gasteiger partial charge in [0.2, 0.25) is 5.91 Å². The molecule has 0 spiro atoms. The molecule has 1 aliphatic rings. The Morgan fingerprint density at radius 2 is 1.43 bits per heavy atom. The number of anilines is 2. The highest BCUT2D eigenvalue weighted by Crippen LogP contribution is 2.36. The van der Waals surface area contributed by atoms with Gasteiger partial charge in [-0.15, -0.1) is 0 Å². The van der Waals surface area contributed by atoms with Gasteiger partial charge < -0.3 is 10.2 Å². The van der Waals surface area contributed by atoms with Crippen LogP contribution in [0, 0.1) is 13.8 Å². The molecule has 7 nitrogen and oxygen atoms in total. The van der Waals surface area contributed by atoms with Gasteiger partial charge in [0.25, 0.3) is 5.56 Å². The largest absolute Gasteiger partial charge is 0.341 e. The summed E-state index contributed by atoms with van der Waals surface area (Å²) in [4.78, 5) is 43.9. The van der Waals surface area contributed by atoms with Gasteiger partial charge in [0.05, 0.1) is 18.2 Å². The number of rotatable bonds is 7. The number of amides is 1. The standard InChI is InChI=1S/C30H30N4O3/c1-20-15-21(2)17-24(16-20)31-28-27(25-13-14-26(35)33(25)18-22-9-5-3-6-10-22)29(36)32-30(37)34(28)19-23-11-7-4-8-12-23/h3-12,15-17,25,31H,13-14,18-19H2,1-2H3,(H,32,36,37). The fraction of sp³-hybridized carbons (Fsp3) is 0.233. The zero-order valence-electron chi connectivity index (χ0n) is 21.0. The van der Waals surface area contributed by atoms with Crippen molar-refractivity contribution in [2.45, 2.75) is 45.8 Å². The topological polar surface area (TPSA) is 87.2 Å². The van der Waals surface area contributed by atoms with Crippen LogP contribution in [0.5, 0.6) is 0 Å². The molecule has 2 N–H and O–H groups in total. The molecule has 1 saturated heterocycles. The second-order valence-electron chi connectivity index (χ2n) is 9.66. The highest BCUT2D eigenvalue weighted by Gasteiger charge is 2.36. The number of benzene rings is 3. The Morgan fingerprint density at radius 3 is 2.05 bits per heavy atom. The lowest BCUT2D eigenvalue weighted by Gasteiger charge is -2.28. The van der Waals surface area contributed by atoms with Gasteiger partial charge in [-0.3, -0.25) is 19.1 Å². The molecule has 1 aliphatic heterocycles. The van der Waals surface area contributed by atoms with Gasteiger partial charge in [-0.05, 0) is 54.7 Å². The van der Waals surface area contributed by atoms with Crippen LogP contribution in [0.3, 0.4) is 0 Å². The number of hydrogen-bond donors (Lipinski definition) is 2. The van der Waals surface area contributed by atoms with Crippen LogP contribution in [0.4, 0.5) is 11.5 Å². The second-order valence-corrected chi connectivity index (χ2v) is 9.66. The molecule has 3 aromatic carbocycles. The number of nitrogens with one attached hydrogen (secondary N) is 2. The number of hydrogen-bond acceptors (Lipinski definition) is 4. The summed E-state index contributed by atoms with van der Waals surface area (Å²) >= 11 is 0. The summed E-state index contributed by atoms with van der Waals surface area (Å²) in [5.74, 6) is 0.409. The van der Waals surface area contributed by atoms with E-state index in [0.29, 0.717) is 30.8 Å². The van der Waals surface area contributed by atoms with E-state index in [0.717, 1.165) is 27.9 Å². The SMILES string of the molecule is Cc1cc(C)cc(Nc2c(C3CCC(=O)N3Cc3ccccc3)c(=O)[nH]c(=O)n2Cc2ccccc2)c1. The molecule has 0 aliphatic carbocycles. The average Bonchev–Trinajstić information content (AvgIpc) is 3.21. The first-order valence-electron chi connectivity index (χ1n) is 12.5. The summed E-state index contributed by atoms with van der Waals surface area (Å²) in [5.41, 5.74) is 4.25. The normalized spacial score (nSPS) is 15.2. The van der Waals surface area contributed by atoms with Gasteiger partial charge in [-0.2, -0.15) is 0 Å². The Hall–Kier alpha value is -4.39. The minimum absolute atomic E-state index is 0.00795. The van der Waals surface area contributed by atoms with E-state index in [1.54, 1.807) is 9.47 Å². The van der Waals surface area contributed by atoms with Crippen molar-refractivity contribution in [3.63, 3.8) is 0 Å². The van der Waals surface area contributed by atoms with Gasteiger partial charge in [-0.1, -0.05) is 66.7 Å². The van der Waals surface area contributed by atoms with Crippen LogP contribution in [0.2, 0.25) is 0 Å². The van der Waals surface area contributed by atoms with E-state index in [4.69, 9.17) is 0 Å². The van der Waals surface area contributed by atoms with E-state index in [-0.39, 0.29) is 12.5 Å². The predicted octanol–water partition coefficient (Wildman–Crippen LogP) is 4.81. The summed E-state index contributed by atoms with van der Waals surface area (Å²) in [7, 11) is 0. The lowest BCUT2D eigenvalue weighted by atomic mass is 10.0. The smallest absolute Gasteiger partial charge is 0.330 e. The van der Waals surface area contributed by atoms with Gasteiger partial charge in [0.1, 0.15) is 5.82 Å². The lowest BCUT2D eigenvalue weighted by molar-refractivity contribution is -0.129. The quantitative estimate of drug-likeness (QED) is 0.386. The molecular weight excluding hydrogens is 464 g/mol. The summed E-state index contributed by atoms with van der Waals surface area (Å²) in [6.45, 7) is 4.68. The maximum atomic E-state index is 13.4. The maximum Gasteiger partial charge on any atom is 0.330 e. The number of aryl methyl sites for hydroxylation is 2. The van der Waals surface area contributed by atoms with Gasteiger partial charge in [0.15, 0.2) is 0 Å². The van der Waals surface area contributed by atoms with Crippen LogP contribution in [0.15, 0.2) is 88.5 Å². The van der Waals surface area contributed by atoms with E-state index >= 15 is 0 Å². The van der Waals surface area contributed by atoms with Crippen LogP contribution in [-0.2, 0) is 17.9 Å². The summed E-state index contributed by atoms with van der Waals surface area (Å²) in [6.07, 6.45) is 0.845. The van der Waals surface area contributed by atoms with Crippen molar-refractivity contribution in [1.82, 2.24) is 14.5 Å². The van der Waals surface area contributed by atoms with Crippen LogP contribution in [0.1, 0.15) is 46.7 Å². The Bertz CT molecular complexity index is 1520. The Balaban J connectivity index is 1.66. The van der Waals surface area contributed by atoms with Gasteiger partial charge in [-0.25, -0.2) is 4.79 Å². The van der Waals surface area contributed by atoms with Crippen LogP contribution >= 0.6 is 0 Å². The lowest BCUT2D eigenvalue weighted by Crippen LogP contribution is -2.38. The van der Waals surface area contributed by atoms with Crippen molar-refractivity contribution in [3.05, 3.63) is 128 Å². The van der Waals surface area contributed by atoms with Crippen molar-refractivity contribution >= 4 is 17.4 Å². The van der Waals surface area contributed by atoms with E-state index in [1.165, 1.54) is 0 Å². The number of carbonyl (C=O) groups excluding carboxylic acids is 1. The molecule has 0 bridgehead atoms. The Kier molecular flexibility index (Phi) is 6.77. The van der Waals surface area contributed by atoms with E-state index in [9.17, 15) is 14.4 Å². The van der Waals surface area contributed by atoms with Crippen molar-refractivity contribution in [3.8, 4) is 0 Å². The molecule has 1 amide bonds. The molecule has 1 unspecified atom stereocenters. The highest BCUT2D eigenvalue weighted by atomic mass is 16.2. The van der Waals surface area contributed by atoms with Crippen LogP contribution < -0.4 is 16.6 Å². The molecule has 2 heterocycles. The third-order valence-corrected chi connectivity index (χ3v) is 6.76. The monoisotopic (exact) mass is 494 g/mol. The minimum atomic E-state index is -0.497. The molecular formula is C30H30N4O3. The van der Waals surface area contributed by atoms with E-state index < -0.39 is 17.3 Å². The number of H-pyrrole nitrogens is 1. The first-order chi connectivity index (χ1) is 17.9. The fourth-order valence-electron chi connectivity index (χ4n) is 5.14. The van der Waals surface area contributed by atoms with Crippen molar-refractivity contribution in [2.75, 3.05) is 5.32 Å². The van der Waals surface area contributed by atoms with Crippen molar-refractivity contribution < 1.29 is 4.79 Å². The molecule has 5 rings (SSSR count). The molecule has 1 aromatic heterocycles. The summed E-state index contributed by atoms with van der Waals surface area (Å²) in [5, 5.41) is 3.41. The van der Waals surface area contributed by atoms with Crippen molar-refractivity contribution in [1.29, 1.82) is 0 Å². The molecule has 188 valence electrons. The number of carbonyl (C=O) groups is 1. The predicted molar refractivity (Wildman–Crippen MR) is 145 cm³/mol. The number of aromatic amines is 1. The fourth-order valence-corrected chi connectivity index (χ4v) is 5.14. The molecule has 1 fully saturated rings. The maximum absolute atomic E-state index is 13.4. The molecule has 7 heteroatoms. The van der Waals surface area contributed by atoms with E-state index in [1.807, 2.05) is 86.6 Å². The van der Waals surface area contributed by atoms with Crippen LogP contribution in [-0.4, -0.2) is 20.4 Å². The zero-order valence-corrected chi connectivity index (χ0v) is 21.0. The average molecular weight is 495 g/mol. The third kappa shape index (κ3) is 5.26. The molecule has 0 saturated carbocycles. The number of nitrogens with zero attached hydrogens (tertiary/aromatic N) is 2. The third-order valence-electron chi connectivity index (χ3n) is 6.76. The first kappa shape index (κ1) is 24.3. The van der Waals surface area contributed by atoms with Crippen molar-refractivity contribution in [2.24, 2.45) is 0 Å². The van der Waals surface area contributed by atoms with Gasteiger partial charge in [0, 0.05) is 18.7 Å². The molecule has 4 aromatic rings. The van der Waals surface area contributed by atoms with Crippen LogP contribution in [0.25, 0.3) is 0 Å².